The van der Waals surface area contributed by atoms with Gasteiger partial charge in [0.15, 0.2) is 12.4 Å². The highest BCUT2D eigenvalue weighted by atomic mass is 16.6. The third-order valence-corrected chi connectivity index (χ3v) is 3.01. The van der Waals surface area contributed by atoms with Gasteiger partial charge in [0.2, 0.25) is 0 Å². The number of aromatic nitrogens is 3. The van der Waals surface area contributed by atoms with Gasteiger partial charge in [0.25, 0.3) is 5.89 Å². The molecule has 3 aromatic rings. The molecule has 6 heteroatoms. The molecule has 20 heavy (non-hydrogen) atoms. The van der Waals surface area contributed by atoms with Crippen LogP contribution >= 0.6 is 0 Å². The first-order valence-electron chi connectivity index (χ1n) is 6.15. The third kappa shape index (κ3) is 2.16. The number of nitrogens with zero attached hydrogens (tertiary/aromatic N) is 3. The highest BCUT2D eigenvalue weighted by Gasteiger charge is 2.16. The molecule has 0 unspecified atom stereocenters. The average Bonchev–Trinajstić information content (AvgIpc) is 3.01. The standard InChI is InChI=1S/C14H13N3O3/c1-9-15-13(20-16-9)8-19-14(18)11-7-17(2)12-6-4-3-5-10(11)12/h3-7H,8H2,1-2H3. The first kappa shape index (κ1) is 12.4. The Morgan fingerprint density at radius 1 is 1.40 bits per heavy atom. The molecule has 6 nitrogen and oxygen atoms in total. The number of ether oxygens (including phenoxy) is 1. The molecule has 2 aromatic heterocycles. The summed E-state index contributed by atoms with van der Waals surface area (Å²) in [5, 5.41) is 4.50. The van der Waals surface area contributed by atoms with Crippen molar-refractivity contribution in [3.05, 3.63) is 47.7 Å². The number of esters is 1. The van der Waals surface area contributed by atoms with Crippen molar-refractivity contribution in [2.75, 3.05) is 0 Å². The van der Waals surface area contributed by atoms with E-state index in [0.717, 1.165) is 10.9 Å². The number of benzene rings is 1. The van der Waals surface area contributed by atoms with Gasteiger partial charge in [-0.25, -0.2) is 4.79 Å². The van der Waals surface area contributed by atoms with Gasteiger partial charge in [-0.05, 0) is 13.0 Å². The summed E-state index contributed by atoms with van der Waals surface area (Å²) < 4.78 is 12.0. The monoisotopic (exact) mass is 271 g/mol. The van der Waals surface area contributed by atoms with Gasteiger partial charge in [-0.1, -0.05) is 23.4 Å². The van der Waals surface area contributed by atoms with Crippen molar-refractivity contribution >= 4 is 16.9 Å². The SMILES string of the molecule is Cc1noc(COC(=O)c2cn(C)c3ccccc23)n1. The molecule has 102 valence electrons. The molecule has 2 heterocycles. The largest absolute Gasteiger partial charge is 0.452 e. The molecule has 0 saturated carbocycles. The number of carbonyl (C=O) groups is 1. The van der Waals surface area contributed by atoms with Crippen LogP contribution in [0.1, 0.15) is 22.1 Å². The van der Waals surface area contributed by atoms with E-state index >= 15 is 0 Å². The summed E-state index contributed by atoms with van der Waals surface area (Å²) in [6.07, 6.45) is 1.76. The molecule has 0 saturated heterocycles. The Hall–Kier alpha value is -2.63. The van der Waals surface area contributed by atoms with E-state index in [-0.39, 0.29) is 12.5 Å². The fourth-order valence-electron chi connectivity index (χ4n) is 2.11. The van der Waals surface area contributed by atoms with Crippen LogP contribution in [-0.4, -0.2) is 20.7 Å². The summed E-state index contributed by atoms with van der Waals surface area (Å²) in [5.41, 5.74) is 1.51. The van der Waals surface area contributed by atoms with Crippen molar-refractivity contribution in [1.82, 2.24) is 14.7 Å². The first-order chi connectivity index (χ1) is 9.65. The van der Waals surface area contributed by atoms with E-state index in [0.29, 0.717) is 11.4 Å². The van der Waals surface area contributed by atoms with Gasteiger partial charge in [0.05, 0.1) is 5.56 Å². The van der Waals surface area contributed by atoms with Gasteiger partial charge in [-0.2, -0.15) is 4.98 Å². The summed E-state index contributed by atoms with van der Waals surface area (Å²) >= 11 is 0. The summed E-state index contributed by atoms with van der Waals surface area (Å²) in [6.45, 7) is 1.68. The lowest BCUT2D eigenvalue weighted by Crippen LogP contribution is -2.05. The molecular formula is C14H13N3O3. The lowest BCUT2D eigenvalue weighted by molar-refractivity contribution is 0.0432. The maximum atomic E-state index is 12.1. The van der Waals surface area contributed by atoms with Crippen LogP contribution < -0.4 is 0 Å². The number of hydrogen-bond acceptors (Lipinski definition) is 5. The zero-order chi connectivity index (χ0) is 14.1. The minimum atomic E-state index is -0.405. The molecule has 0 atom stereocenters. The minimum absolute atomic E-state index is 0.0249. The molecule has 0 aliphatic heterocycles. The zero-order valence-electron chi connectivity index (χ0n) is 11.2. The summed E-state index contributed by atoms with van der Waals surface area (Å²) in [5.74, 6) is 0.398. The Morgan fingerprint density at radius 2 is 2.20 bits per heavy atom. The van der Waals surface area contributed by atoms with Crippen LogP contribution in [0, 0.1) is 6.92 Å². The first-order valence-corrected chi connectivity index (χ1v) is 6.15. The molecule has 0 amide bonds. The number of carbonyl (C=O) groups excluding carboxylic acids is 1. The second-order valence-electron chi connectivity index (χ2n) is 4.48. The second kappa shape index (κ2) is 4.80. The van der Waals surface area contributed by atoms with Crippen molar-refractivity contribution in [2.45, 2.75) is 13.5 Å². The molecule has 0 N–H and O–H groups in total. The van der Waals surface area contributed by atoms with Crippen LogP contribution in [0.5, 0.6) is 0 Å². The molecule has 0 aliphatic rings. The van der Waals surface area contributed by atoms with Crippen LogP contribution in [-0.2, 0) is 18.4 Å². The van der Waals surface area contributed by atoms with Crippen molar-refractivity contribution in [3.8, 4) is 0 Å². The van der Waals surface area contributed by atoms with E-state index < -0.39 is 5.97 Å². The maximum Gasteiger partial charge on any atom is 0.340 e. The van der Waals surface area contributed by atoms with E-state index in [4.69, 9.17) is 9.26 Å². The van der Waals surface area contributed by atoms with E-state index in [2.05, 4.69) is 10.1 Å². The number of aryl methyl sites for hydroxylation is 2. The van der Waals surface area contributed by atoms with Gasteiger partial charge < -0.3 is 13.8 Å². The van der Waals surface area contributed by atoms with E-state index in [1.165, 1.54) is 0 Å². The number of hydrogen-bond donors (Lipinski definition) is 0. The van der Waals surface area contributed by atoms with Crippen molar-refractivity contribution < 1.29 is 14.1 Å². The summed E-state index contributed by atoms with van der Waals surface area (Å²) in [4.78, 5) is 16.1. The van der Waals surface area contributed by atoms with Crippen LogP contribution in [0.2, 0.25) is 0 Å². The molecule has 3 rings (SSSR count). The quantitative estimate of drug-likeness (QED) is 0.683. The molecular weight excluding hydrogens is 258 g/mol. The minimum Gasteiger partial charge on any atom is -0.452 e. The maximum absolute atomic E-state index is 12.1. The predicted octanol–water partition coefficient (Wildman–Crippen LogP) is 2.23. The lowest BCUT2D eigenvalue weighted by atomic mass is 10.2. The van der Waals surface area contributed by atoms with E-state index in [9.17, 15) is 4.79 Å². The smallest absolute Gasteiger partial charge is 0.340 e. The summed E-state index contributed by atoms with van der Waals surface area (Å²) in [6, 6.07) is 7.66. The average molecular weight is 271 g/mol. The molecule has 0 bridgehead atoms. The lowest BCUT2D eigenvalue weighted by Gasteiger charge is -2.00. The molecule has 0 aliphatic carbocycles. The van der Waals surface area contributed by atoms with Crippen LogP contribution in [0.3, 0.4) is 0 Å². The van der Waals surface area contributed by atoms with Crippen molar-refractivity contribution in [2.24, 2.45) is 7.05 Å². The van der Waals surface area contributed by atoms with Crippen LogP contribution in [0.15, 0.2) is 35.0 Å². The molecule has 0 fully saturated rings. The fraction of sp³-hybridized carbons (Fsp3) is 0.214. The number of rotatable bonds is 3. The van der Waals surface area contributed by atoms with Crippen LogP contribution in [0.25, 0.3) is 10.9 Å². The topological polar surface area (TPSA) is 70.2 Å². The zero-order valence-corrected chi connectivity index (χ0v) is 11.2. The molecule has 1 aromatic carbocycles. The van der Waals surface area contributed by atoms with Crippen LogP contribution in [0.4, 0.5) is 0 Å². The fourth-order valence-corrected chi connectivity index (χ4v) is 2.11. The predicted molar refractivity (Wildman–Crippen MR) is 71.1 cm³/mol. The number of fused-ring (bicyclic) bond motifs is 1. The Kier molecular flexibility index (Phi) is 2.98. The third-order valence-electron chi connectivity index (χ3n) is 3.01. The normalized spacial score (nSPS) is 10.9. The van der Waals surface area contributed by atoms with Crippen molar-refractivity contribution in [3.63, 3.8) is 0 Å². The van der Waals surface area contributed by atoms with E-state index in [1.807, 2.05) is 35.9 Å². The van der Waals surface area contributed by atoms with Gasteiger partial charge in [-0.3, -0.25) is 0 Å². The Bertz CT molecular complexity index is 773. The van der Waals surface area contributed by atoms with Gasteiger partial charge in [-0.15, -0.1) is 0 Å². The molecule has 0 spiro atoms. The Balaban J connectivity index is 1.82. The highest BCUT2D eigenvalue weighted by Crippen LogP contribution is 2.21. The molecule has 0 radical (unpaired) electrons. The Morgan fingerprint density at radius 3 is 2.95 bits per heavy atom. The van der Waals surface area contributed by atoms with Gasteiger partial charge in [0.1, 0.15) is 0 Å². The highest BCUT2D eigenvalue weighted by molar-refractivity contribution is 6.04. The van der Waals surface area contributed by atoms with E-state index in [1.54, 1.807) is 13.1 Å². The Labute approximate surface area is 115 Å². The second-order valence-corrected chi connectivity index (χ2v) is 4.48. The summed E-state index contributed by atoms with van der Waals surface area (Å²) in [7, 11) is 1.89. The number of para-hydroxylation sites is 1. The van der Waals surface area contributed by atoms with Crippen molar-refractivity contribution in [1.29, 1.82) is 0 Å². The van der Waals surface area contributed by atoms with Gasteiger partial charge >= 0.3 is 5.97 Å². The van der Waals surface area contributed by atoms with Gasteiger partial charge in [0, 0.05) is 24.1 Å².